The monoisotopic (exact) mass is 466 g/mol. The van der Waals surface area contributed by atoms with E-state index < -0.39 is 0 Å². The lowest BCUT2D eigenvalue weighted by molar-refractivity contribution is 0.419. The summed E-state index contributed by atoms with van der Waals surface area (Å²) in [6, 6.07) is 14.0. The predicted molar refractivity (Wildman–Crippen MR) is 137 cm³/mol. The Morgan fingerprint density at radius 1 is 1.00 bits per heavy atom. The molecule has 0 bridgehead atoms. The van der Waals surface area contributed by atoms with Gasteiger partial charge in [0.25, 0.3) is 0 Å². The van der Waals surface area contributed by atoms with E-state index in [4.69, 9.17) is 17.3 Å². The Morgan fingerprint density at radius 2 is 1.78 bits per heavy atom. The molecular formula is C24H27ClN6S. The highest BCUT2D eigenvalue weighted by molar-refractivity contribution is 7.18. The number of hydrogen-bond acceptors (Lipinski definition) is 7. The van der Waals surface area contributed by atoms with Gasteiger partial charge < -0.3 is 16.4 Å². The second kappa shape index (κ2) is 8.92. The van der Waals surface area contributed by atoms with Crippen LogP contribution in [0.2, 0.25) is 5.02 Å². The molecule has 4 aromatic rings. The summed E-state index contributed by atoms with van der Waals surface area (Å²) in [6.07, 6.45) is 0. The van der Waals surface area contributed by atoms with E-state index in [0.717, 1.165) is 39.6 Å². The second-order valence-electron chi connectivity index (χ2n) is 8.70. The zero-order valence-corrected chi connectivity index (χ0v) is 20.2. The van der Waals surface area contributed by atoms with Crippen molar-refractivity contribution in [2.75, 3.05) is 29.5 Å². The number of nitrogens with two attached hydrogens (primary N) is 1. The number of nitrogens with zero attached hydrogens (tertiary/aromatic N) is 3. The summed E-state index contributed by atoms with van der Waals surface area (Å²) < 4.78 is 1.20. The molecule has 0 saturated heterocycles. The molecule has 6 nitrogen and oxygen atoms in total. The Balaban J connectivity index is 1.43. The summed E-state index contributed by atoms with van der Waals surface area (Å²) in [7, 11) is 0. The molecule has 0 fully saturated rings. The van der Waals surface area contributed by atoms with Crippen molar-refractivity contribution in [2.45, 2.75) is 27.7 Å². The molecule has 0 atom stereocenters. The summed E-state index contributed by atoms with van der Waals surface area (Å²) in [5, 5.41) is 8.76. The normalized spacial score (nSPS) is 11.7. The molecule has 32 heavy (non-hydrogen) atoms. The number of aromatic nitrogens is 3. The van der Waals surface area contributed by atoms with Crippen LogP contribution < -0.4 is 16.4 Å². The first-order valence-electron chi connectivity index (χ1n) is 10.5. The van der Waals surface area contributed by atoms with Crippen LogP contribution in [0.15, 0.2) is 42.5 Å². The van der Waals surface area contributed by atoms with E-state index in [9.17, 15) is 0 Å². The largest absolute Gasteiger partial charge is 0.384 e. The highest BCUT2D eigenvalue weighted by Gasteiger charge is 2.19. The van der Waals surface area contributed by atoms with E-state index in [0.29, 0.717) is 17.4 Å². The molecule has 0 amide bonds. The van der Waals surface area contributed by atoms with Gasteiger partial charge in [-0.1, -0.05) is 37.6 Å². The van der Waals surface area contributed by atoms with Crippen LogP contribution in [-0.2, 0) is 0 Å². The lowest BCUT2D eigenvalue weighted by Crippen LogP contribution is -2.31. The van der Waals surface area contributed by atoms with Crippen molar-refractivity contribution in [3.05, 3.63) is 58.1 Å². The molecule has 0 aliphatic heterocycles. The van der Waals surface area contributed by atoms with Gasteiger partial charge in [-0.05, 0) is 49.1 Å². The average Bonchev–Trinajstić information content (AvgIpc) is 3.12. The fourth-order valence-electron chi connectivity index (χ4n) is 3.46. The Morgan fingerprint density at radius 3 is 2.59 bits per heavy atom. The zero-order chi connectivity index (χ0) is 22.9. The number of rotatable bonds is 7. The fraction of sp³-hybridized carbons (Fsp3) is 0.292. The highest BCUT2D eigenvalue weighted by atomic mass is 35.5. The third-order valence-electron chi connectivity index (χ3n) is 5.30. The minimum atomic E-state index is -0.0373. The summed E-state index contributed by atoms with van der Waals surface area (Å²) in [5.74, 6) is 0.926. The molecular weight excluding hydrogens is 440 g/mol. The zero-order valence-electron chi connectivity index (χ0n) is 18.7. The number of hydrogen-bond donors (Lipinski definition) is 3. The van der Waals surface area contributed by atoms with Crippen molar-refractivity contribution in [2.24, 2.45) is 5.41 Å². The number of nitrogens with one attached hydrogen (secondary N) is 2. The minimum absolute atomic E-state index is 0.0373. The molecule has 2 aromatic carbocycles. The van der Waals surface area contributed by atoms with Crippen molar-refractivity contribution in [1.29, 1.82) is 0 Å². The topological polar surface area (TPSA) is 88.8 Å². The number of halogens is 1. The van der Waals surface area contributed by atoms with Crippen LogP contribution in [0.4, 0.5) is 17.5 Å². The fourth-order valence-corrected chi connectivity index (χ4v) is 4.50. The van der Waals surface area contributed by atoms with Gasteiger partial charge >= 0.3 is 0 Å². The number of anilines is 3. The highest BCUT2D eigenvalue weighted by Crippen LogP contribution is 2.29. The van der Waals surface area contributed by atoms with Gasteiger partial charge in [0.1, 0.15) is 5.82 Å². The van der Waals surface area contributed by atoms with Crippen molar-refractivity contribution >= 4 is 50.6 Å². The maximum Gasteiger partial charge on any atom is 0.222 e. The molecule has 0 spiro atoms. The standard InChI is InChI=1S/C24H27ClN6S/c1-14-17(6-5-7-18(14)25)20-11-22(31-23(26)30-20)28-13-24(3,4)12-27-16-8-9-19-21(10-16)32-15(2)29-19/h5-11,27H,12-13H2,1-4H3,(H3,26,28,30,31). The van der Waals surface area contributed by atoms with Crippen LogP contribution in [0.1, 0.15) is 24.4 Å². The van der Waals surface area contributed by atoms with Crippen LogP contribution in [0.5, 0.6) is 0 Å². The van der Waals surface area contributed by atoms with Gasteiger partial charge in [0.15, 0.2) is 0 Å². The number of thiazole rings is 1. The molecule has 0 aliphatic rings. The van der Waals surface area contributed by atoms with Gasteiger partial charge in [0.05, 0.1) is 20.9 Å². The smallest absolute Gasteiger partial charge is 0.222 e. The Kier molecular flexibility index (Phi) is 6.22. The average molecular weight is 467 g/mol. The molecule has 0 aliphatic carbocycles. The van der Waals surface area contributed by atoms with Gasteiger partial charge in [0.2, 0.25) is 5.95 Å². The molecule has 8 heteroatoms. The van der Waals surface area contributed by atoms with E-state index in [1.807, 2.05) is 38.1 Å². The number of aryl methyl sites for hydroxylation is 1. The molecule has 4 rings (SSSR count). The van der Waals surface area contributed by atoms with Crippen molar-refractivity contribution in [3.8, 4) is 11.3 Å². The maximum absolute atomic E-state index is 6.28. The maximum atomic E-state index is 6.28. The van der Waals surface area contributed by atoms with Crippen molar-refractivity contribution in [1.82, 2.24) is 15.0 Å². The Bertz CT molecular complexity index is 1270. The lowest BCUT2D eigenvalue weighted by atomic mass is 9.93. The molecule has 166 valence electrons. The summed E-state index contributed by atoms with van der Waals surface area (Å²) >= 11 is 7.99. The molecule has 2 aromatic heterocycles. The van der Waals surface area contributed by atoms with Crippen molar-refractivity contribution in [3.63, 3.8) is 0 Å². The van der Waals surface area contributed by atoms with Gasteiger partial charge in [-0.3, -0.25) is 0 Å². The quantitative estimate of drug-likeness (QED) is 0.302. The summed E-state index contributed by atoms with van der Waals surface area (Å²) in [5.41, 5.74) is 10.8. The molecule has 2 heterocycles. The SMILES string of the molecule is Cc1nc2ccc(NCC(C)(C)CNc3cc(-c4cccc(Cl)c4C)nc(N)n3)cc2s1. The molecule has 0 saturated carbocycles. The first-order valence-corrected chi connectivity index (χ1v) is 11.6. The van der Waals surface area contributed by atoms with Crippen LogP contribution in [0.25, 0.3) is 21.5 Å². The van der Waals surface area contributed by atoms with E-state index in [1.165, 1.54) is 4.70 Å². The second-order valence-corrected chi connectivity index (χ2v) is 10.3. The van der Waals surface area contributed by atoms with Gasteiger partial charge in [-0.2, -0.15) is 4.98 Å². The van der Waals surface area contributed by atoms with E-state index >= 15 is 0 Å². The number of nitrogen functional groups attached to an aromatic ring is 1. The van der Waals surface area contributed by atoms with Gasteiger partial charge in [-0.25, -0.2) is 9.97 Å². The van der Waals surface area contributed by atoms with Crippen LogP contribution >= 0.6 is 22.9 Å². The van der Waals surface area contributed by atoms with E-state index in [2.05, 4.69) is 57.6 Å². The predicted octanol–water partition coefficient (Wildman–Crippen LogP) is 6.16. The first kappa shape index (κ1) is 22.3. The third-order valence-corrected chi connectivity index (χ3v) is 6.64. The Labute approximate surface area is 197 Å². The van der Waals surface area contributed by atoms with Gasteiger partial charge in [0, 0.05) is 35.4 Å². The van der Waals surface area contributed by atoms with Crippen LogP contribution in [-0.4, -0.2) is 28.0 Å². The molecule has 0 unspecified atom stereocenters. The Hall–Kier alpha value is -2.90. The minimum Gasteiger partial charge on any atom is -0.384 e. The summed E-state index contributed by atoms with van der Waals surface area (Å²) in [4.78, 5) is 13.3. The number of benzene rings is 2. The molecule has 4 N–H and O–H groups in total. The lowest BCUT2D eigenvalue weighted by Gasteiger charge is -2.26. The van der Waals surface area contributed by atoms with Crippen LogP contribution in [0, 0.1) is 19.3 Å². The summed E-state index contributed by atoms with van der Waals surface area (Å²) in [6.45, 7) is 9.93. The van der Waals surface area contributed by atoms with Crippen molar-refractivity contribution < 1.29 is 0 Å². The number of fused-ring (bicyclic) bond motifs is 1. The third kappa shape index (κ3) is 5.11. The van der Waals surface area contributed by atoms with E-state index in [-0.39, 0.29) is 11.4 Å². The first-order chi connectivity index (χ1) is 15.2. The van der Waals surface area contributed by atoms with Crippen LogP contribution in [0.3, 0.4) is 0 Å². The molecule has 0 radical (unpaired) electrons. The van der Waals surface area contributed by atoms with Gasteiger partial charge in [-0.15, -0.1) is 11.3 Å². The van der Waals surface area contributed by atoms with E-state index in [1.54, 1.807) is 11.3 Å².